The van der Waals surface area contributed by atoms with Crippen molar-refractivity contribution in [2.75, 3.05) is 5.32 Å². The lowest BCUT2D eigenvalue weighted by molar-refractivity contribution is -0.122. The number of carbonyl (C=O) groups is 1. The van der Waals surface area contributed by atoms with Crippen LogP contribution in [0.2, 0.25) is 0 Å². The van der Waals surface area contributed by atoms with Gasteiger partial charge in [-0.15, -0.1) is 0 Å². The van der Waals surface area contributed by atoms with Crippen molar-refractivity contribution in [3.63, 3.8) is 0 Å². The number of hydrogen-bond donors (Lipinski definition) is 2. The van der Waals surface area contributed by atoms with Crippen LogP contribution >= 0.6 is 0 Å². The summed E-state index contributed by atoms with van der Waals surface area (Å²) in [5.74, 6) is -0.663. The van der Waals surface area contributed by atoms with Gasteiger partial charge in [0.05, 0.1) is 22.9 Å². The van der Waals surface area contributed by atoms with Crippen molar-refractivity contribution >= 4 is 22.5 Å². The Hall–Kier alpha value is -3.22. The van der Waals surface area contributed by atoms with Crippen LogP contribution in [-0.4, -0.2) is 22.0 Å². The molecule has 1 heterocycles. The van der Waals surface area contributed by atoms with Gasteiger partial charge in [-0.05, 0) is 37.6 Å². The van der Waals surface area contributed by atoms with E-state index in [-0.39, 0.29) is 16.6 Å². The third-order valence-corrected chi connectivity index (χ3v) is 3.66. The van der Waals surface area contributed by atoms with Crippen LogP contribution in [0.5, 0.6) is 5.75 Å². The standard InChI is InChI=1S/C18H16FN3O3/c1-10-4-3-5-12(6-10)25-11(2)17(23)22-16-7-13-15(8-14(16)19)20-9-21-18(13)24/h3-9,11H,1-2H3,(H,22,23)(H,20,21,24)/t11-/m0/s1. The Balaban J connectivity index is 1.80. The number of benzene rings is 2. The Kier molecular flexibility index (Phi) is 4.47. The molecular formula is C18H16FN3O3. The number of hydrogen-bond acceptors (Lipinski definition) is 4. The van der Waals surface area contributed by atoms with Gasteiger partial charge in [-0.2, -0.15) is 0 Å². The van der Waals surface area contributed by atoms with Gasteiger partial charge in [0.25, 0.3) is 11.5 Å². The SMILES string of the molecule is Cc1cccc(O[C@@H](C)C(=O)Nc2cc3c(=O)[nH]cnc3cc2F)c1. The summed E-state index contributed by atoms with van der Waals surface area (Å²) in [4.78, 5) is 30.3. The molecule has 2 aromatic carbocycles. The molecule has 0 aliphatic heterocycles. The zero-order chi connectivity index (χ0) is 18.0. The van der Waals surface area contributed by atoms with Crippen molar-refractivity contribution in [1.29, 1.82) is 0 Å². The van der Waals surface area contributed by atoms with Crippen molar-refractivity contribution in [1.82, 2.24) is 9.97 Å². The maximum atomic E-state index is 14.1. The van der Waals surface area contributed by atoms with E-state index in [9.17, 15) is 14.0 Å². The minimum Gasteiger partial charge on any atom is -0.481 e. The molecule has 0 aliphatic rings. The maximum absolute atomic E-state index is 14.1. The fraction of sp³-hybridized carbons (Fsp3) is 0.167. The van der Waals surface area contributed by atoms with Gasteiger partial charge < -0.3 is 15.0 Å². The number of aryl methyl sites for hydroxylation is 1. The molecule has 1 amide bonds. The topological polar surface area (TPSA) is 84.1 Å². The molecule has 0 unspecified atom stereocenters. The molecule has 1 atom stereocenters. The molecule has 3 rings (SSSR count). The van der Waals surface area contributed by atoms with Gasteiger partial charge in [0.2, 0.25) is 0 Å². The maximum Gasteiger partial charge on any atom is 0.265 e. The van der Waals surface area contributed by atoms with E-state index in [4.69, 9.17) is 4.74 Å². The third kappa shape index (κ3) is 3.65. The Morgan fingerprint density at radius 3 is 2.88 bits per heavy atom. The van der Waals surface area contributed by atoms with Crippen LogP contribution in [0.1, 0.15) is 12.5 Å². The second-order valence-corrected chi connectivity index (χ2v) is 5.65. The van der Waals surface area contributed by atoms with Gasteiger partial charge >= 0.3 is 0 Å². The zero-order valence-electron chi connectivity index (χ0n) is 13.7. The van der Waals surface area contributed by atoms with E-state index in [2.05, 4.69) is 15.3 Å². The lowest BCUT2D eigenvalue weighted by Crippen LogP contribution is -2.30. The number of nitrogens with one attached hydrogen (secondary N) is 2. The van der Waals surface area contributed by atoms with E-state index in [1.807, 2.05) is 19.1 Å². The van der Waals surface area contributed by atoms with Crippen LogP contribution < -0.4 is 15.6 Å². The molecule has 6 nitrogen and oxygen atoms in total. The normalized spacial score (nSPS) is 12.0. The minimum atomic E-state index is -0.843. The predicted octanol–water partition coefficient (Wildman–Crippen LogP) is 2.78. The van der Waals surface area contributed by atoms with E-state index < -0.39 is 23.4 Å². The van der Waals surface area contributed by atoms with E-state index in [0.717, 1.165) is 11.6 Å². The summed E-state index contributed by atoms with van der Waals surface area (Å²) in [7, 11) is 0. The number of anilines is 1. The van der Waals surface area contributed by atoms with Gasteiger partial charge in [-0.3, -0.25) is 9.59 Å². The van der Waals surface area contributed by atoms with Crippen molar-refractivity contribution in [2.45, 2.75) is 20.0 Å². The molecule has 0 radical (unpaired) electrons. The highest BCUT2D eigenvalue weighted by molar-refractivity contribution is 5.96. The van der Waals surface area contributed by atoms with Crippen molar-refractivity contribution in [2.24, 2.45) is 0 Å². The van der Waals surface area contributed by atoms with Gasteiger partial charge in [0, 0.05) is 6.07 Å². The molecule has 0 saturated carbocycles. The van der Waals surface area contributed by atoms with Crippen LogP contribution in [0, 0.1) is 12.7 Å². The van der Waals surface area contributed by atoms with E-state index in [1.165, 1.54) is 12.4 Å². The molecule has 128 valence electrons. The van der Waals surface area contributed by atoms with Crippen molar-refractivity contribution < 1.29 is 13.9 Å². The number of amides is 1. The summed E-state index contributed by atoms with van der Waals surface area (Å²) in [6.45, 7) is 3.47. The van der Waals surface area contributed by atoms with E-state index in [0.29, 0.717) is 5.75 Å². The van der Waals surface area contributed by atoms with Crippen LogP contribution in [0.15, 0.2) is 47.5 Å². The number of halogens is 1. The molecule has 0 bridgehead atoms. The fourth-order valence-corrected chi connectivity index (χ4v) is 2.37. The Morgan fingerprint density at radius 1 is 1.32 bits per heavy atom. The Bertz CT molecular complexity index is 1000. The first kappa shape index (κ1) is 16.6. The molecule has 0 aliphatic carbocycles. The Morgan fingerprint density at radius 2 is 2.12 bits per heavy atom. The summed E-state index contributed by atoms with van der Waals surface area (Å²) in [5.41, 5.74) is 0.695. The van der Waals surface area contributed by atoms with Crippen molar-refractivity contribution in [3.8, 4) is 5.75 Å². The summed E-state index contributed by atoms with van der Waals surface area (Å²) in [5, 5.41) is 2.63. The number of fused-ring (bicyclic) bond motifs is 1. The second-order valence-electron chi connectivity index (χ2n) is 5.65. The lowest BCUT2D eigenvalue weighted by atomic mass is 10.2. The quantitative estimate of drug-likeness (QED) is 0.764. The largest absolute Gasteiger partial charge is 0.481 e. The number of aromatic amines is 1. The van der Waals surface area contributed by atoms with Crippen LogP contribution in [0.3, 0.4) is 0 Å². The molecule has 25 heavy (non-hydrogen) atoms. The summed E-state index contributed by atoms with van der Waals surface area (Å²) >= 11 is 0. The summed E-state index contributed by atoms with van der Waals surface area (Å²) in [6, 6.07) is 9.62. The smallest absolute Gasteiger partial charge is 0.265 e. The zero-order valence-corrected chi connectivity index (χ0v) is 13.7. The second kappa shape index (κ2) is 6.72. The molecule has 0 saturated heterocycles. The monoisotopic (exact) mass is 341 g/mol. The average molecular weight is 341 g/mol. The number of rotatable bonds is 4. The minimum absolute atomic E-state index is 0.101. The number of aromatic nitrogens is 2. The van der Waals surface area contributed by atoms with Crippen LogP contribution in [0.4, 0.5) is 10.1 Å². The molecule has 1 aromatic heterocycles. The lowest BCUT2D eigenvalue weighted by Gasteiger charge is -2.15. The Labute approximate surface area is 142 Å². The average Bonchev–Trinajstić information content (AvgIpc) is 2.56. The van der Waals surface area contributed by atoms with E-state index in [1.54, 1.807) is 19.1 Å². The number of ether oxygens (including phenoxy) is 1. The molecule has 0 spiro atoms. The number of nitrogens with zero attached hydrogens (tertiary/aromatic N) is 1. The highest BCUT2D eigenvalue weighted by Gasteiger charge is 2.17. The molecular weight excluding hydrogens is 325 g/mol. The van der Waals surface area contributed by atoms with Gasteiger partial charge in [-0.1, -0.05) is 12.1 Å². The molecule has 0 fully saturated rings. The first-order chi connectivity index (χ1) is 11.9. The van der Waals surface area contributed by atoms with E-state index >= 15 is 0 Å². The van der Waals surface area contributed by atoms with Crippen molar-refractivity contribution in [3.05, 3.63) is 64.5 Å². The highest BCUT2D eigenvalue weighted by Crippen LogP contribution is 2.20. The first-order valence-corrected chi connectivity index (χ1v) is 7.65. The van der Waals surface area contributed by atoms with Gasteiger partial charge in [0.15, 0.2) is 6.10 Å². The predicted molar refractivity (Wildman–Crippen MR) is 92.2 cm³/mol. The molecule has 7 heteroatoms. The summed E-state index contributed by atoms with van der Waals surface area (Å²) in [6.07, 6.45) is 0.351. The van der Waals surface area contributed by atoms with Crippen LogP contribution in [0.25, 0.3) is 10.9 Å². The summed E-state index contributed by atoms with van der Waals surface area (Å²) < 4.78 is 19.7. The number of carbonyl (C=O) groups excluding carboxylic acids is 1. The van der Waals surface area contributed by atoms with Gasteiger partial charge in [-0.25, -0.2) is 9.37 Å². The highest BCUT2D eigenvalue weighted by atomic mass is 19.1. The van der Waals surface area contributed by atoms with Gasteiger partial charge in [0.1, 0.15) is 11.6 Å². The van der Waals surface area contributed by atoms with Crippen LogP contribution in [-0.2, 0) is 4.79 Å². The first-order valence-electron chi connectivity index (χ1n) is 7.65. The number of H-pyrrole nitrogens is 1. The molecule has 2 N–H and O–H groups in total. The fourth-order valence-electron chi connectivity index (χ4n) is 2.37. The third-order valence-electron chi connectivity index (χ3n) is 3.66. The molecule has 3 aromatic rings.